The van der Waals surface area contributed by atoms with E-state index in [1.165, 1.54) is 0 Å². The van der Waals surface area contributed by atoms with Gasteiger partial charge in [0.15, 0.2) is 0 Å². The van der Waals surface area contributed by atoms with E-state index in [-0.39, 0.29) is 23.5 Å². The van der Waals surface area contributed by atoms with Gasteiger partial charge in [0.25, 0.3) is 10.1 Å². The number of rotatable bonds is 6. The molecule has 0 bridgehead atoms. The summed E-state index contributed by atoms with van der Waals surface area (Å²) in [4.78, 5) is 0.206. The van der Waals surface area contributed by atoms with Gasteiger partial charge in [0, 0.05) is 6.61 Å². The molecule has 0 aliphatic heterocycles. The van der Waals surface area contributed by atoms with Crippen LogP contribution in [0.3, 0.4) is 0 Å². The van der Waals surface area contributed by atoms with Crippen molar-refractivity contribution in [1.82, 2.24) is 0 Å². The fraction of sp³-hybridized carbons (Fsp3) is 0.647. The first-order valence-corrected chi connectivity index (χ1v) is 9.25. The van der Waals surface area contributed by atoms with Crippen molar-refractivity contribution in [3.63, 3.8) is 0 Å². The Balaban J connectivity index is 1.92. The van der Waals surface area contributed by atoms with Crippen LogP contribution in [0, 0.1) is 24.2 Å². The number of hydrogen-bond donors (Lipinski definition) is 1. The summed E-state index contributed by atoms with van der Waals surface area (Å²) in [6.07, 6.45) is 2.72. The molecular formula is C17H26O4S. The summed E-state index contributed by atoms with van der Waals surface area (Å²) in [7, 11) is -3.67. The van der Waals surface area contributed by atoms with E-state index < -0.39 is 10.1 Å². The molecule has 1 aliphatic carbocycles. The topological polar surface area (TPSA) is 63.6 Å². The third-order valence-corrected chi connectivity index (χ3v) is 6.53. The van der Waals surface area contributed by atoms with Crippen molar-refractivity contribution in [2.24, 2.45) is 17.3 Å². The number of aliphatic hydroxyl groups is 1. The van der Waals surface area contributed by atoms with Gasteiger partial charge < -0.3 is 5.11 Å². The normalized spacial score (nSPS) is 24.5. The van der Waals surface area contributed by atoms with Gasteiger partial charge in [-0.3, -0.25) is 4.18 Å². The predicted octanol–water partition coefficient (Wildman–Crippen LogP) is 3.14. The fourth-order valence-electron chi connectivity index (χ4n) is 3.40. The highest BCUT2D eigenvalue weighted by Crippen LogP contribution is 2.48. The first-order valence-electron chi connectivity index (χ1n) is 7.84. The van der Waals surface area contributed by atoms with Crippen molar-refractivity contribution in [3.05, 3.63) is 29.8 Å². The third-order valence-electron chi connectivity index (χ3n) is 5.20. The molecule has 1 fully saturated rings. The molecule has 0 heterocycles. The van der Waals surface area contributed by atoms with Crippen molar-refractivity contribution >= 4 is 10.1 Å². The number of aryl methyl sites for hydroxylation is 1. The first-order chi connectivity index (χ1) is 10.3. The lowest BCUT2D eigenvalue weighted by atomic mass is 9.74. The fourth-order valence-corrected chi connectivity index (χ4v) is 4.32. The number of aliphatic hydroxyl groups excluding tert-OH is 1. The lowest BCUT2D eigenvalue weighted by Crippen LogP contribution is -2.28. The van der Waals surface area contributed by atoms with Crippen LogP contribution < -0.4 is 0 Å². The molecule has 22 heavy (non-hydrogen) atoms. The molecule has 1 N–H and O–H groups in total. The molecule has 124 valence electrons. The van der Waals surface area contributed by atoms with Crippen LogP contribution in [0.4, 0.5) is 0 Å². The molecule has 5 heteroatoms. The van der Waals surface area contributed by atoms with E-state index in [0.717, 1.165) is 18.4 Å². The molecule has 1 saturated carbocycles. The van der Waals surface area contributed by atoms with E-state index in [0.29, 0.717) is 18.3 Å². The first kappa shape index (κ1) is 17.4. The predicted molar refractivity (Wildman–Crippen MR) is 86.0 cm³/mol. The van der Waals surface area contributed by atoms with Gasteiger partial charge in [0.1, 0.15) is 0 Å². The molecule has 2 rings (SSSR count). The van der Waals surface area contributed by atoms with Crippen molar-refractivity contribution in [1.29, 1.82) is 0 Å². The molecule has 0 saturated heterocycles. The van der Waals surface area contributed by atoms with Crippen LogP contribution >= 0.6 is 0 Å². The Labute approximate surface area is 133 Å². The SMILES string of the molecule is Cc1ccc(S(=O)(=O)OCCC2CCC(CO)C2(C)C)cc1. The maximum atomic E-state index is 12.1. The molecular weight excluding hydrogens is 300 g/mol. The molecule has 0 spiro atoms. The Morgan fingerprint density at radius 3 is 2.32 bits per heavy atom. The minimum atomic E-state index is -3.67. The summed E-state index contributed by atoms with van der Waals surface area (Å²) in [6.45, 7) is 6.62. The smallest absolute Gasteiger partial charge is 0.296 e. The Kier molecular flexibility index (Phi) is 5.30. The van der Waals surface area contributed by atoms with E-state index in [9.17, 15) is 13.5 Å². The van der Waals surface area contributed by atoms with Crippen molar-refractivity contribution in [3.8, 4) is 0 Å². The van der Waals surface area contributed by atoms with Crippen LogP contribution in [0.5, 0.6) is 0 Å². The maximum absolute atomic E-state index is 12.1. The monoisotopic (exact) mass is 326 g/mol. The van der Waals surface area contributed by atoms with E-state index in [4.69, 9.17) is 4.18 Å². The van der Waals surface area contributed by atoms with Gasteiger partial charge in [-0.05, 0) is 55.6 Å². The summed E-state index contributed by atoms with van der Waals surface area (Å²) in [6, 6.07) is 6.68. The van der Waals surface area contributed by atoms with Gasteiger partial charge in [-0.15, -0.1) is 0 Å². The van der Waals surface area contributed by atoms with Crippen molar-refractivity contribution < 1.29 is 17.7 Å². The third kappa shape index (κ3) is 3.70. The van der Waals surface area contributed by atoms with Gasteiger partial charge in [-0.2, -0.15) is 8.42 Å². The van der Waals surface area contributed by atoms with Crippen molar-refractivity contribution in [2.45, 2.75) is 44.9 Å². The summed E-state index contributed by atoms with van der Waals surface area (Å²) < 4.78 is 29.5. The summed E-state index contributed by atoms with van der Waals surface area (Å²) >= 11 is 0. The maximum Gasteiger partial charge on any atom is 0.296 e. The Morgan fingerprint density at radius 2 is 1.77 bits per heavy atom. The molecule has 2 atom stereocenters. The zero-order valence-corrected chi connectivity index (χ0v) is 14.4. The molecule has 1 aromatic rings. The highest BCUT2D eigenvalue weighted by Gasteiger charge is 2.42. The highest BCUT2D eigenvalue weighted by atomic mass is 32.2. The summed E-state index contributed by atoms with van der Waals surface area (Å²) in [5.74, 6) is 0.684. The molecule has 1 aromatic carbocycles. The molecule has 1 aliphatic rings. The second-order valence-corrected chi connectivity index (χ2v) is 8.47. The van der Waals surface area contributed by atoms with Crippen LogP contribution in [-0.4, -0.2) is 26.7 Å². The van der Waals surface area contributed by atoms with Crippen molar-refractivity contribution in [2.75, 3.05) is 13.2 Å². The second kappa shape index (κ2) is 6.69. The average Bonchev–Trinajstić information content (AvgIpc) is 2.74. The van der Waals surface area contributed by atoms with Crippen LogP contribution in [0.15, 0.2) is 29.2 Å². The quantitative estimate of drug-likeness (QED) is 0.816. The van der Waals surface area contributed by atoms with Crippen LogP contribution in [-0.2, 0) is 14.3 Å². The Hall–Kier alpha value is -0.910. The van der Waals surface area contributed by atoms with E-state index in [1.54, 1.807) is 24.3 Å². The van der Waals surface area contributed by atoms with E-state index in [1.807, 2.05) is 6.92 Å². The van der Waals surface area contributed by atoms with Gasteiger partial charge in [-0.25, -0.2) is 0 Å². The Bertz CT molecular complexity index is 590. The zero-order chi connectivity index (χ0) is 16.4. The lowest BCUT2D eigenvalue weighted by Gasteiger charge is -2.32. The van der Waals surface area contributed by atoms with Gasteiger partial charge in [-0.1, -0.05) is 31.5 Å². The molecule has 0 radical (unpaired) electrons. The minimum Gasteiger partial charge on any atom is -0.396 e. The largest absolute Gasteiger partial charge is 0.396 e. The molecule has 0 aromatic heterocycles. The number of hydrogen-bond acceptors (Lipinski definition) is 4. The number of benzene rings is 1. The second-order valence-electron chi connectivity index (χ2n) is 6.85. The van der Waals surface area contributed by atoms with E-state index in [2.05, 4.69) is 13.8 Å². The van der Waals surface area contributed by atoms with Gasteiger partial charge >= 0.3 is 0 Å². The minimum absolute atomic E-state index is 0.0335. The van der Waals surface area contributed by atoms with Gasteiger partial charge in [0.2, 0.25) is 0 Å². The van der Waals surface area contributed by atoms with Crippen LogP contribution in [0.25, 0.3) is 0 Å². The standard InChI is InChI=1S/C17H26O4S/c1-13-4-8-16(9-5-13)22(19,20)21-11-10-14-6-7-15(12-18)17(14,2)3/h4-5,8-9,14-15,18H,6-7,10-12H2,1-3H3. The molecule has 0 amide bonds. The van der Waals surface area contributed by atoms with Gasteiger partial charge in [0.05, 0.1) is 11.5 Å². The van der Waals surface area contributed by atoms with Crippen LogP contribution in [0.2, 0.25) is 0 Å². The lowest BCUT2D eigenvalue weighted by molar-refractivity contribution is 0.103. The zero-order valence-electron chi connectivity index (χ0n) is 13.6. The summed E-state index contributed by atoms with van der Waals surface area (Å²) in [5, 5.41) is 9.42. The molecule has 2 unspecified atom stereocenters. The molecule has 4 nitrogen and oxygen atoms in total. The Morgan fingerprint density at radius 1 is 1.18 bits per heavy atom. The summed E-state index contributed by atoms with van der Waals surface area (Å²) in [5.41, 5.74) is 1.05. The van der Waals surface area contributed by atoms with Crippen LogP contribution in [0.1, 0.15) is 38.7 Å². The average molecular weight is 326 g/mol. The highest BCUT2D eigenvalue weighted by molar-refractivity contribution is 7.86. The van der Waals surface area contributed by atoms with E-state index >= 15 is 0 Å².